The van der Waals surface area contributed by atoms with E-state index < -0.39 is 47.9 Å². The van der Waals surface area contributed by atoms with Crippen molar-refractivity contribution in [3.8, 4) is 0 Å². The van der Waals surface area contributed by atoms with Crippen LogP contribution < -0.4 is 38.9 Å². The molecule has 4 atom stereocenters. The summed E-state index contributed by atoms with van der Waals surface area (Å²) < 4.78 is 0. The van der Waals surface area contributed by atoms with Gasteiger partial charge in [-0.1, -0.05) is 27.7 Å². The van der Waals surface area contributed by atoms with Crippen molar-refractivity contribution in [2.45, 2.75) is 96.8 Å². The minimum absolute atomic E-state index is 0.0218. The second kappa shape index (κ2) is 18.3. The van der Waals surface area contributed by atoms with Crippen LogP contribution in [0.15, 0.2) is 4.99 Å². The Balaban J connectivity index is 5.65. The fourth-order valence-electron chi connectivity index (χ4n) is 3.67. The lowest BCUT2D eigenvalue weighted by atomic mass is 10.0. The number of guanidine groups is 1. The van der Waals surface area contributed by atoms with Crippen LogP contribution >= 0.6 is 0 Å². The molecule has 13 nitrogen and oxygen atoms in total. The minimum Gasteiger partial charge on any atom is -0.480 e. The van der Waals surface area contributed by atoms with Gasteiger partial charge in [-0.2, -0.15) is 0 Å². The topological polar surface area (TPSA) is 241 Å². The lowest BCUT2D eigenvalue weighted by Gasteiger charge is -2.26. The maximum Gasteiger partial charge on any atom is 0.326 e. The van der Waals surface area contributed by atoms with Gasteiger partial charge in [0, 0.05) is 6.54 Å². The molecule has 0 rings (SSSR count). The summed E-state index contributed by atoms with van der Waals surface area (Å²) in [7, 11) is 0. The van der Waals surface area contributed by atoms with Crippen LogP contribution in [0.4, 0.5) is 0 Å². The molecule has 0 aromatic rings. The Morgan fingerprint density at radius 2 is 1.24 bits per heavy atom. The van der Waals surface area contributed by atoms with Gasteiger partial charge >= 0.3 is 5.97 Å². The zero-order valence-corrected chi connectivity index (χ0v) is 22.7. The van der Waals surface area contributed by atoms with Crippen molar-refractivity contribution in [1.29, 1.82) is 0 Å². The van der Waals surface area contributed by atoms with E-state index in [0.29, 0.717) is 38.6 Å². The molecule has 37 heavy (non-hydrogen) atoms. The summed E-state index contributed by atoms with van der Waals surface area (Å²) in [6.45, 7) is 8.21. The predicted octanol–water partition coefficient (Wildman–Crippen LogP) is -0.872. The first-order chi connectivity index (χ1) is 17.3. The van der Waals surface area contributed by atoms with Gasteiger partial charge in [-0.15, -0.1) is 0 Å². The molecule has 4 unspecified atom stereocenters. The number of aliphatic imine (C=N–C) groups is 1. The molecule has 0 spiro atoms. The number of nitrogens with two attached hydrogens (primary N) is 4. The average Bonchev–Trinajstić information content (AvgIpc) is 2.78. The molecule has 12 N–H and O–H groups in total. The number of carbonyl (C=O) groups excluding carboxylic acids is 3. The summed E-state index contributed by atoms with van der Waals surface area (Å²) in [6.07, 6.45) is 2.70. The molecular weight excluding hydrogens is 480 g/mol. The molecule has 0 saturated heterocycles. The first kappa shape index (κ1) is 34.1. The van der Waals surface area contributed by atoms with Crippen LogP contribution in [0, 0.1) is 11.8 Å². The smallest absolute Gasteiger partial charge is 0.326 e. The van der Waals surface area contributed by atoms with E-state index in [1.165, 1.54) is 0 Å². The molecule has 3 amide bonds. The lowest BCUT2D eigenvalue weighted by molar-refractivity contribution is -0.142. The van der Waals surface area contributed by atoms with E-state index in [1.807, 2.05) is 27.7 Å². The fourth-order valence-corrected chi connectivity index (χ4v) is 3.67. The molecule has 0 aliphatic carbocycles. The number of hydrogen-bond acceptors (Lipinski definition) is 7. The summed E-state index contributed by atoms with van der Waals surface area (Å²) in [5, 5.41) is 17.4. The standard InChI is InChI=1S/C24H48N8O5/c1-14(2)12-16(26)20(33)30-17(8-5-6-10-25)21(34)31-18(9-7-11-29-24(27)28)22(35)32-19(23(36)37)13-15(3)4/h14-19H,5-13,25-26H2,1-4H3,(H,30,33)(H,31,34)(H,32,35)(H,36,37)(H4,27,28,29). The van der Waals surface area contributed by atoms with Gasteiger partial charge in [0.25, 0.3) is 0 Å². The number of aliphatic carboxylic acids is 1. The summed E-state index contributed by atoms with van der Waals surface area (Å²) in [6, 6.07) is -3.89. The summed E-state index contributed by atoms with van der Waals surface area (Å²) in [5.41, 5.74) is 22.3. The molecule has 0 aromatic heterocycles. The average molecular weight is 529 g/mol. The second-order valence-corrected chi connectivity index (χ2v) is 10.1. The van der Waals surface area contributed by atoms with E-state index in [2.05, 4.69) is 20.9 Å². The summed E-state index contributed by atoms with van der Waals surface area (Å²) in [4.78, 5) is 54.4. The van der Waals surface area contributed by atoms with Gasteiger partial charge < -0.3 is 44.0 Å². The fraction of sp³-hybridized carbons (Fsp3) is 0.792. The normalized spacial score (nSPS) is 14.4. The largest absolute Gasteiger partial charge is 0.480 e. The van der Waals surface area contributed by atoms with E-state index in [4.69, 9.17) is 22.9 Å². The van der Waals surface area contributed by atoms with Crippen molar-refractivity contribution < 1.29 is 24.3 Å². The number of amides is 3. The van der Waals surface area contributed by atoms with Crippen LogP contribution in [0.3, 0.4) is 0 Å². The number of hydrogen-bond donors (Lipinski definition) is 8. The van der Waals surface area contributed by atoms with Crippen molar-refractivity contribution >= 4 is 29.7 Å². The Bertz CT molecular complexity index is 755. The number of nitrogens with one attached hydrogen (secondary N) is 3. The zero-order chi connectivity index (χ0) is 28.5. The van der Waals surface area contributed by atoms with Gasteiger partial charge in [0.15, 0.2) is 5.96 Å². The Morgan fingerprint density at radius 1 is 0.757 bits per heavy atom. The third-order valence-electron chi connectivity index (χ3n) is 5.54. The van der Waals surface area contributed by atoms with Gasteiger partial charge in [-0.05, 0) is 63.3 Å². The maximum atomic E-state index is 13.2. The first-order valence-corrected chi connectivity index (χ1v) is 12.9. The molecule has 0 fully saturated rings. The number of unbranched alkanes of at least 4 members (excludes halogenated alkanes) is 1. The van der Waals surface area contributed by atoms with Crippen molar-refractivity contribution in [3.05, 3.63) is 0 Å². The molecule has 0 aromatic carbocycles. The zero-order valence-electron chi connectivity index (χ0n) is 22.7. The SMILES string of the molecule is CC(C)CC(N)C(=O)NC(CCCCN)C(=O)NC(CCCN=C(N)N)C(=O)NC(CC(C)C)C(=O)O. The Labute approximate surface area is 219 Å². The molecule has 13 heteroatoms. The maximum absolute atomic E-state index is 13.2. The van der Waals surface area contributed by atoms with Gasteiger partial charge in [0.05, 0.1) is 6.04 Å². The number of carboxylic acids is 1. The molecule has 0 bridgehead atoms. The monoisotopic (exact) mass is 528 g/mol. The molecule has 0 aliphatic rings. The second-order valence-electron chi connectivity index (χ2n) is 10.1. The van der Waals surface area contributed by atoms with E-state index >= 15 is 0 Å². The summed E-state index contributed by atoms with van der Waals surface area (Å²) in [5.74, 6) is -2.73. The Hall–Kier alpha value is -2.93. The van der Waals surface area contributed by atoms with E-state index in [0.717, 1.165) is 0 Å². The highest BCUT2D eigenvalue weighted by Crippen LogP contribution is 2.09. The van der Waals surface area contributed by atoms with Gasteiger partial charge in [-0.3, -0.25) is 19.4 Å². The van der Waals surface area contributed by atoms with E-state index in [-0.39, 0.29) is 37.2 Å². The molecule has 0 aliphatic heterocycles. The quantitative estimate of drug-likeness (QED) is 0.0589. The van der Waals surface area contributed by atoms with Gasteiger partial charge in [0.2, 0.25) is 17.7 Å². The van der Waals surface area contributed by atoms with Crippen molar-refractivity contribution in [1.82, 2.24) is 16.0 Å². The molecule has 0 heterocycles. The number of carboxylic acid groups (broad SMARTS) is 1. The van der Waals surface area contributed by atoms with Gasteiger partial charge in [0.1, 0.15) is 18.1 Å². The highest BCUT2D eigenvalue weighted by atomic mass is 16.4. The van der Waals surface area contributed by atoms with Crippen LogP contribution in [0.2, 0.25) is 0 Å². The summed E-state index contributed by atoms with van der Waals surface area (Å²) >= 11 is 0. The van der Waals surface area contributed by atoms with E-state index in [1.54, 1.807) is 0 Å². The number of nitrogens with zero attached hydrogens (tertiary/aromatic N) is 1. The van der Waals surface area contributed by atoms with Crippen LogP contribution in [0.25, 0.3) is 0 Å². The van der Waals surface area contributed by atoms with Crippen LogP contribution in [0.5, 0.6) is 0 Å². The Kier molecular flexibility index (Phi) is 16.9. The Morgan fingerprint density at radius 3 is 1.70 bits per heavy atom. The van der Waals surface area contributed by atoms with Crippen molar-refractivity contribution in [3.63, 3.8) is 0 Å². The third-order valence-corrected chi connectivity index (χ3v) is 5.54. The first-order valence-electron chi connectivity index (χ1n) is 12.9. The van der Waals surface area contributed by atoms with Crippen LogP contribution in [0.1, 0.15) is 72.6 Å². The molecule has 0 radical (unpaired) electrons. The van der Waals surface area contributed by atoms with Crippen molar-refractivity contribution in [2.75, 3.05) is 13.1 Å². The van der Waals surface area contributed by atoms with Crippen LogP contribution in [-0.2, 0) is 19.2 Å². The molecule has 0 saturated carbocycles. The van der Waals surface area contributed by atoms with Crippen LogP contribution in [-0.4, -0.2) is 72.0 Å². The van der Waals surface area contributed by atoms with E-state index in [9.17, 15) is 24.3 Å². The highest BCUT2D eigenvalue weighted by molar-refractivity contribution is 5.94. The lowest BCUT2D eigenvalue weighted by Crippen LogP contribution is -2.57. The number of rotatable bonds is 19. The minimum atomic E-state index is -1.17. The highest BCUT2D eigenvalue weighted by Gasteiger charge is 2.30. The number of carbonyl (C=O) groups is 4. The predicted molar refractivity (Wildman–Crippen MR) is 143 cm³/mol. The molecule has 214 valence electrons. The van der Waals surface area contributed by atoms with Gasteiger partial charge in [-0.25, -0.2) is 4.79 Å². The third kappa shape index (κ3) is 15.7. The molecular formula is C24H48N8O5. The van der Waals surface area contributed by atoms with Crippen molar-refractivity contribution in [2.24, 2.45) is 39.8 Å².